The number of anilines is 1. The molecule has 4 heteroatoms. The summed E-state index contributed by atoms with van der Waals surface area (Å²) in [6.45, 7) is 5.87. The van der Waals surface area contributed by atoms with Crippen molar-refractivity contribution in [1.29, 1.82) is 0 Å². The molecule has 4 nitrogen and oxygen atoms in total. The lowest BCUT2D eigenvalue weighted by Gasteiger charge is -2.14. The highest BCUT2D eigenvalue weighted by Crippen LogP contribution is 2.15. The van der Waals surface area contributed by atoms with Crippen LogP contribution < -0.4 is 5.32 Å². The van der Waals surface area contributed by atoms with Crippen LogP contribution in [0.1, 0.15) is 36.3 Å². The number of pyridine rings is 1. The molecule has 0 aromatic carbocycles. The molecular weight excluding hydrogens is 192 g/mol. The fourth-order valence-electron chi connectivity index (χ4n) is 1.17. The predicted molar refractivity (Wildman–Crippen MR) is 59.3 cm³/mol. The molecule has 0 aliphatic heterocycles. The number of carbonyl (C=O) groups is 1. The highest BCUT2D eigenvalue weighted by atomic mass is 16.4. The second kappa shape index (κ2) is 4.77. The minimum Gasteiger partial charge on any atom is -0.478 e. The molecule has 1 heterocycles. The number of hydrogen-bond donors (Lipinski definition) is 2. The molecule has 0 bridgehead atoms. The minimum atomic E-state index is -0.951. The molecule has 0 saturated carbocycles. The fourth-order valence-corrected chi connectivity index (χ4v) is 1.17. The van der Waals surface area contributed by atoms with Crippen molar-refractivity contribution in [2.45, 2.75) is 33.2 Å². The molecule has 1 aromatic rings. The van der Waals surface area contributed by atoms with Crippen molar-refractivity contribution in [2.24, 2.45) is 0 Å². The molecule has 0 fully saturated rings. The number of rotatable bonds is 4. The normalized spacial score (nSPS) is 12.2. The molecule has 1 rings (SSSR count). The van der Waals surface area contributed by atoms with E-state index in [0.717, 1.165) is 12.1 Å². The molecule has 0 aliphatic carbocycles. The fraction of sp³-hybridized carbons (Fsp3) is 0.455. The Hall–Kier alpha value is -1.58. The largest absolute Gasteiger partial charge is 0.478 e. The van der Waals surface area contributed by atoms with Crippen LogP contribution in [0.3, 0.4) is 0 Å². The maximum absolute atomic E-state index is 10.9. The number of aromatic nitrogens is 1. The van der Waals surface area contributed by atoms with Gasteiger partial charge in [-0.2, -0.15) is 0 Å². The Morgan fingerprint density at radius 1 is 1.60 bits per heavy atom. The zero-order valence-corrected chi connectivity index (χ0v) is 9.24. The Kier molecular flexibility index (Phi) is 3.66. The number of nitrogens with one attached hydrogen (secondary N) is 1. The number of carboxylic acid groups (broad SMARTS) is 1. The van der Waals surface area contributed by atoms with Crippen LogP contribution in [0.25, 0.3) is 0 Å². The van der Waals surface area contributed by atoms with Crippen LogP contribution in [-0.2, 0) is 0 Å². The summed E-state index contributed by atoms with van der Waals surface area (Å²) in [5.41, 5.74) is 1.03. The van der Waals surface area contributed by atoms with Crippen molar-refractivity contribution in [3.05, 3.63) is 23.4 Å². The Labute approximate surface area is 89.3 Å². The van der Waals surface area contributed by atoms with Gasteiger partial charge in [0.1, 0.15) is 11.4 Å². The van der Waals surface area contributed by atoms with Crippen LogP contribution in [0.5, 0.6) is 0 Å². The van der Waals surface area contributed by atoms with Gasteiger partial charge in [0.2, 0.25) is 0 Å². The van der Waals surface area contributed by atoms with E-state index in [0.29, 0.717) is 5.82 Å². The van der Waals surface area contributed by atoms with E-state index < -0.39 is 5.97 Å². The molecule has 0 aliphatic rings. The molecule has 15 heavy (non-hydrogen) atoms. The van der Waals surface area contributed by atoms with Crippen LogP contribution in [0.4, 0.5) is 5.82 Å². The van der Waals surface area contributed by atoms with E-state index >= 15 is 0 Å². The SMILES string of the molecule is CCC(C)Nc1nc(C)ccc1C(=O)O. The molecule has 2 N–H and O–H groups in total. The molecule has 0 amide bonds. The third-order valence-corrected chi connectivity index (χ3v) is 2.26. The van der Waals surface area contributed by atoms with Gasteiger partial charge in [0.15, 0.2) is 0 Å². The van der Waals surface area contributed by atoms with Gasteiger partial charge in [0, 0.05) is 11.7 Å². The van der Waals surface area contributed by atoms with Gasteiger partial charge in [-0.25, -0.2) is 9.78 Å². The summed E-state index contributed by atoms with van der Waals surface area (Å²) in [4.78, 5) is 15.1. The summed E-state index contributed by atoms with van der Waals surface area (Å²) in [6.07, 6.45) is 0.925. The van der Waals surface area contributed by atoms with Crippen molar-refractivity contribution in [2.75, 3.05) is 5.32 Å². The van der Waals surface area contributed by atoms with Gasteiger partial charge in [-0.05, 0) is 32.4 Å². The molecule has 0 saturated heterocycles. The van der Waals surface area contributed by atoms with Crippen molar-refractivity contribution < 1.29 is 9.90 Å². The summed E-state index contributed by atoms with van der Waals surface area (Å²) in [5.74, 6) is -0.495. The first-order chi connectivity index (χ1) is 7.04. The van der Waals surface area contributed by atoms with Gasteiger partial charge < -0.3 is 10.4 Å². The summed E-state index contributed by atoms with van der Waals surface area (Å²) in [7, 11) is 0. The van der Waals surface area contributed by atoms with E-state index in [1.54, 1.807) is 12.1 Å². The monoisotopic (exact) mass is 208 g/mol. The van der Waals surface area contributed by atoms with Gasteiger partial charge in [-0.15, -0.1) is 0 Å². The Morgan fingerprint density at radius 3 is 2.80 bits per heavy atom. The lowest BCUT2D eigenvalue weighted by atomic mass is 10.2. The summed E-state index contributed by atoms with van der Waals surface area (Å²) in [5, 5.41) is 12.1. The molecule has 0 radical (unpaired) electrons. The van der Waals surface area contributed by atoms with Crippen LogP contribution in [-0.4, -0.2) is 22.1 Å². The van der Waals surface area contributed by atoms with E-state index in [-0.39, 0.29) is 11.6 Å². The summed E-state index contributed by atoms with van der Waals surface area (Å²) in [6, 6.07) is 3.50. The molecular formula is C11H16N2O2. The van der Waals surface area contributed by atoms with Gasteiger partial charge in [0.25, 0.3) is 0 Å². The van der Waals surface area contributed by atoms with E-state index in [1.807, 2.05) is 20.8 Å². The zero-order chi connectivity index (χ0) is 11.4. The first kappa shape index (κ1) is 11.5. The van der Waals surface area contributed by atoms with Crippen molar-refractivity contribution in [1.82, 2.24) is 4.98 Å². The Morgan fingerprint density at radius 2 is 2.27 bits per heavy atom. The van der Waals surface area contributed by atoms with E-state index in [1.165, 1.54) is 0 Å². The zero-order valence-electron chi connectivity index (χ0n) is 9.24. The van der Waals surface area contributed by atoms with Gasteiger partial charge in [-0.3, -0.25) is 0 Å². The maximum atomic E-state index is 10.9. The summed E-state index contributed by atoms with van der Waals surface area (Å²) < 4.78 is 0. The third-order valence-electron chi connectivity index (χ3n) is 2.26. The van der Waals surface area contributed by atoms with Crippen LogP contribution in [0.2, 0.25) is 0 Å². The highest BCUT2D eigenvalue weighted by molar-refractivity contribution is 5.93. The second-order valence-electron chi connectivity index (χ2n) is 3.61. The van der Waals surface area contributed by atoms with Crippen molar-refractivity contribution in [3.8, 4) is 0 Å². The van der Waals surface area contributed by atoms with Crippen LogP contribution in [0, 0.1) is 6.92 Å². The van der Waals surface area contributed by atoms with Crippen molar-refractivity contribution >= 4 is 11.8 Å². The first-order valence-electron chi connectivity index (χ1n) is 5.02. The number of hydrogen-bond acceptors (Lipinski definition) is 3. The first-order valence-corrected chi connectivity index (χ1v) is 5.02. The molecule has 82 valence electrons. The minimum absolute atomic E-state index is 0.220. The lowest BCUT2D eigenvalue weighted by molar-refractivity contribution is 0.0697. The highest BCUT2D eigenvalue weighted by Gasteiger charge is 2.12. The quantitative estimate of drug-likeness (QED) is 0.797. The predicted octanol–water partition coefficient (Wildman–Crippen LogP) is 2.30. The second-order valence-corrected chi connectivity index (χ2v) is 3.61. The standard InChI is InChI=1S/C11H16N2O2/c1-4-7(2)12-10-9(11(14)15)6-5-8(3)13-10/h5-7H,4H2,1-3H3,(H,12,13)(H,14,15). The Bertz CT molecular complexity index is 364. The van der Waals surface area contributed by atoms with Gasteiger partial charge in [0.05, 0.1) is 0 Å². The molecule has 1 atom stereocenters. The van der Waals surface area contributed by atoms with E-state index in [2.05, 4.69) is 10.3 Å². The summed E-state index contributed by atoms with van der Waals surface area (Å²) >= 11 is 0. The molecule has 1 aromatic heterocycles. The van der Waals surface area contributed by atoms with E-state index in [4.69, 9.17) is 5.11 Å². The molecule has 0 spiro atoms. The van der Waals surface area contributed by atoms with Crippen LogP contribution >= 0.6 is 0 Å². The topological polar surface area (TPSA) is 62.2 Å². The number of nitrogens with zero attached hydrogens (tertiary/aromatic N) is 1. The third kappa shape index (κ3) is 2.94. The Balaban J connectivity index is 3.02. The van der Waals surface area contributed by atoms with Gasteiger partial charge in [-0.1, -0.05) is 6.92 Å². The lowest BCUT2D eigenvalue weighted by Crippen LogP contribution is -2.17. The average molecular weight is 208 g/mol. The van der Waals surface area contributed by atoms with Gasteiger partial charge >= 0.3 is 5.97 Å². The molecule has 1 unspecified atom stereocenters. The van der Waals surface area contributed by atoms with Crippen LogP contribution in [0.15, 0.2) is 12.1 Å². The number of carboxylic acids is 1. The smallest absolute Gasteiger partial charge is 0.339 e. The van der Waals surface area contributed by atoms with E-state index in [9.17, 15) is 4.79 Å². The number of aryl methyl sites for hydroxylation is 1. The van der Waals surface area contributed by atoms with Crippen molar-refractivity contribution in [3.63, 3.8) is 0 Å². The average Bonchev–Trinajstić information content (AvgIpc) is 2.17. The maximum Gasteiger partial charge on any atom is 0.339 e. The number of aromatic carboxylic acids is 1.